The van der Waals surface area contributed by atoms with E-state index in [0.717, 1.165) is 0 Å². The molecule has 0 fully saturated rings. The summed E-state index contributed by atoms with van der Waals surface area (Å²) in [6, 6.07) is 0. The van der Waals surface area contributed by atoms with Crippen molar-refractivity contribution in [3.8, 4) is 0 Å². The fourth-order valence-corrected chi connectivity index (χ4v) is 1.60. The van der Waals surface area contributed by atoms with Gasteiger partial charge in [0.2, 0.25) is 11.8 Å². The van der Waals surface area contributed by atoms with E-state index in [1.54, 1.807) is 41.5 Å². The van der Waals surface area contributed by atoms with Crippen LogP contribution in [0.2, 0.25) is 0 Å². The lowest BCUT2D eigenvalue weighted by molar-refractivity contribution is -0.159. The molecule has 0 bridgehead atoms. The number of nitrogens with one attached hydrogen (secondary N) is 4. The van der Waals surface area contributed by atoms with Crippen molar-refractivity contribution in [2.45, 2.75) is 52.7 Å². The first-order chi connectivity index (χ1) is 14.1. The standard InChI is InChI=1S/C18H30N4O9/c1-17(2,3)30-15(27)21-7-11(23)19-9-13(25)29-14(26)10-20-12(24)8-22-16(28)31-18(4,5)6/h7-10H2,1-6H3,(H,19,23)(H,20,24)(H,21,27)(H,22,28). The molecule has 0 saturated heterocycles. The number of rotatable bonds is 8. The molecule has 0 aliphatic heterocycles. The molecule has 4 amide bonds. The molecule has 0 heterocycles. The number of ether oxygens (including phenoxy) is 3. The van der Waals surface area contributed by atoms with E-state index in [0.29, 0.717) is 0 Å². The predicted molar refractivity (Wildman–Crippen MR) is 106 cm³/mol. The van der Waals surface area contributed by atoms with E-state index in [4.69, 9.17) is 9.47 Å². The minimum atomic E-state index is -1.07. The van der Waals surface area contributed by atoms with E-state index in [2.05, 4.69) is 26.0 Å². The Morgan fingerprint density at radius 3 is 1.16 bits per heavy atom. The lowest BCUT2D eigenvalue weighted by Crippen LogP contribution is -2.43. The molecule has 0 unspecified atom stereocenters. The highest BCUT2D eigenvalue weighted by Gasteiger charge is 2.18. The largest absolute Gasteiger partial charge is 0.444 e. The van der Waals surface area contributed by atoms with Gasteiger partial charge < -0.3 is 35.5 Å². The SMILES string of the molecule is CC(C)(C)OC(=O)NCC(=O)NCC(=O)OC(=O)CNC(=O)CNC(=O)OC(C)(C)C. The van der Waals surface area contributed by atoms with Gasteiger partial charge in [0.15, 0.2) is 0 Å². The van der Waals surface area contributed by atoms with Crippen molar-refractivity contribution in [2.75, 3.05) is 26.2 Å². The number of hydrogen-bond donors (Lipinski definition) is 4. The van der Waals surface area contributed by atoms with Crippen molar-refractivity contribution >= 4 is 35.9 Å². The number of hydrogen-bond acceptors (Lipinski definition) is 9. The highest BCUT2D eigenvalue weighted by atomic mass is 16.6. The topological polar surface area (TPSA) is 178 Å². The van der Waals surface area contributed by atoms with E-state index < -0.39 is 73.3 Å². The van der Waals surface area contributed by atoms with E-state index in [-0.39, 0.29) is 0 Å². The van der Waals surface area contributed by atoms with Gasteiger partial charge in [0.1, 0.15) is 37.4 Å². The monoisotopic (exact) mass is 446 g/mol. The van der Waals surface area contributed by atoms with Gasteiger partial charge in [0.05, 0.1) is 0 Å². The lowest BCUT2D eigenvalue weighted by atomic mass is 10.2. The molecule has 0 aliphatic carbocycles. The van der Waals surface area contributed by atoms with Gasteiger partial charge in [-0.2, -0.15) is 0 Å². The lowest BCUT2D eigenvalue weighted by Gasteiger charge is -2.19. The summed E-state index contributed by atoms with van der Waals surface area (Å²) in [5.41, 5.74) is -1.46. The second-order valence-electron chi connectivity index (χ2n) is 8.11. The molecule has 13 heteroatoms. The Hall–Kier alpha value is -3.38. The Bertz CT molecular complexity index is 635. The highest BCUT2D eigenvalue weighted by Crippen LogP contribution is 2.06. The van der Waals surface area contributed by atoms with E-state index in [9.17, 15) is 28.8 Å². The van der Waals surface area contributed by atoms with Gasteiger partial charge in [-0.25, -0.2) is 19.2 Å². The summed E-state index contributed by atoms with van der Waals surface area (Å²) in [4.78, 5) is 69.0. The van der Waals surface area contributed by atoms with Crippen LogP contribution in [0, 0.1) is 0 Å². The predicted octanol–water partition coefficient (Wildman–Crippen LogP) is -0.662. The minimum Gasteiger partial charge on any atom is -0.444 e. The molecule has 0 spiro atoms. The maximum atomic E-state index is 11.6. The smallest absolute Gasteiger partial charge is 0.408 e. The molecule has 0 atom stereocenters. The third-order valence-electron chi connectivity index (χ3n) is 2.67. The number of amides is 4. The summed E-state index contributed by atoms with van der Waals surface area (Å²) in [6.07, 6.45) is -1.62. The van der Waals surface area contributed by atoms with Crippen LogP contribution in [0.15, 0.2) is 0 Å². The minimum absolute atomic E-state index is 0.448. The van der Waals surface area contributed by atoms with Crippen LogP contribution in [-0.4, -0.2) is 73.3 Å². The summed E-state index contributed by atoms with van der Waals surface area (Å²) in [5, 5.41) is 8.65. The Balaban J connectivity index is 4.02. The quantitative estimate of drug-likeness (QED) is 0.214. The van der Waals surface area contributed by atoms with Crippen LogP contribution in [-0.2, 0) is 33.4 Å². The Morgan fingerprint density at radius 1 is 0.548 bits per heavy atom. The fourth-order valence-electron chi connectivity index (χ4n) is 1.60. The molecule has 176 valence electrons. The van der Waals surface area contributed by atoms with Crippen LogP contribution in [0.25, 0.3) is 0 Å². The Kier molecular flexibility index (Phi) is 11.0. The molecule has 0 saturated carbocycles. The molecular weight excluding hydrogens is 416 g/mol. The molecule has 0 aromatic carbocycles. The first-order valence-electron chi connectivity index (χ1n) is 9.28. The zero-order chi connectivity index (χ0) is 24.2. The highest BCUT2D eigenvalue weighted by molar-refractivity contribution is 5.92. The van der Waals surface area contributed by atoms with Crippen molar-refractivity contribution in [3.05, 3.63) is 0 Å². The van der Waals surface area contributed by atoms with E-state index in [1.165, 1.54) is 0 Å². The molecular formula is C18H30N4O9. The van der Waals surface area contributed by atoms with Gasteiger partial charge in [0, 0.05) is 0 Å². The van der Waals surface area contributed by atoms with E-state index in [1.807, 2.05) is 0 Å². The Morgan fingerprint density at radius 2 is 0.871 bits per heavy atom. The zero-order valence-electron chi connectivity index (χ0n) is 18.5. The Labute approximate surface area is 179 Å². The molecule has 0 rings (SSSR count). The van der Waals surface area contributed by atoms with Gasteiger partial charge in [-0.1, -0.05) is 0 Å². The van der Waals surface area contributed by atoms with Gasteiger partial charge in [-0.3, -0.25) is 9.59 Å². The molecule has 0 radical (unpaired) electrons. The van der Waals surface area contributed by atoms with Gasteiger partial charge in [-0.05, 0) is 41.5 Å². The van der Waals surface area contributed by atoms with Crippen molar-refractivity contribution in [1.82, 2.24) is 21.3 Å². The molecule has 0 aromatic heterocycles. The molecule has 0 aliphatic rings. The first kappa shape index (κ1) is 27.6. The number of esters is 2. The summed E-state index contributed by atoms with van der Waals surface area (Å²) >= 11 is 0. The van der Waals surface area contributed by atoms with Crippen molar-refractivity contribution in [3.63, 3.8) is 0 Å². The summed E-state index contributed by atoms with van der Waals surface area (Å²) in [6.45, 7) is 7.76. The number of carbonyl (C=O) groups is 6. The van der Waals surface area contributed by atoms with Crippen molar-refractivity contribution < 1.29 is 43.0 Å². The maximum absolute atomic E-state index is 11.6. The zero-order valence-corrected chi connectivity index (χ0v) is 18.5. The average Bonchev–Trinajstić information content (AvgIpc) is 2.58. The van der Waals surface area contributed by atoms with Crippen LogP contribution < -0.4 is 21.3 Å². The van der Waals surface area contributed by atoms with Crippen LogP contribution in [0.4, 0.5) is 9.59 Å². The number of carbonyl (C=O) groups excluding carboxylic acids is 6. The second kappa shape index (κ2) is 12.3. The van der Waals surface area contributed by atoms with Crippen molar-refractivity contribution in [2.24, 2.45) is 0 Å². The van der Waals surface area contributed by atoms with Crippen molar-refractivity contribution in [1.29, 1.82) is 0 Å². The molecule has 31 heavy (non-hydrogen) atoms. The molecule has 13 nitrogen and oxygen atoms in total. The summed E-state index contributed by atoms with van der Waals surface area (Å²) in [5.74, 6) is -3.57. The van der Waals surface area contributed by atoms with Crippen LogP contribution in [0.1, 0.15) is 41.5 Å². The fraction of sp³-hybridized carbons (Fsp3) is 0.667. The van der Waals surface area contributed by atoms with Gasteiger partial charge in [0.25, 0.3) is 0 Å². The average molecular weight is 446 g/mol. The first-order valence-corrected chi connectivity index (χ1v) is 9.28. The normalized spacial score (nSPS) is 10.9. The second-order valence-corrected chi connectivity index (χ2v) is 8.11. The maximum Gasteiger partial charge on any atom is 0.408 e. The summed E-state index contributed by atoms with van der Waals surface area (Å²) < 4.78 is 14.3. The van der Waals surface area contributed by atoms with Crippen LogP contribution in [0.3, 0.4) is 0 Å². The molecule has 4 N–H and O–H groups in total. The van der Waals surface area contributed by atoms with Crippen LogP contribution in [0.5, 0.6) is 0 Å². The summed E-state index contributed by atoms with van der Waals surface area (Å²) in [7, 11) is 0. The van der Waals surface area contributed by atoms with Gasteiger partial charge >= 0.3 is 24.1 Å². The van der Waals surface area contributed by atoms with Crippen LogP contribution >= 0.6 is 0 Å². The van der Waals surface area contributed by atoms with E-state index >= 15 is 0 Å². The van der Waals surface area contributed by atoms with Gasteiger partial charge in [-0.15, -0.1) is 0 Å². The third-order valence-corrected chi connectivity index (χ3v) is 2.67. The molecule has 0 aromatic rings. The number of alkyl carbamates (subject to hydrolysis) is 2. The third kappa shape index (κ3) is 17.2.